The third-order valence-corrected chi connectivity index (χ3v) is 1.56. The van der Waals surface area contributed by atoms with Crippen molar-refractivity contribution in [2.75, 3.05) is 0 Å². The highest BCUT2D eigenvalue weighted by Gasteiger charge is 2.15. The van der Waals surface area contributed by atoms with E-state index in [1.807, 2.05) is 51.1 Å². The highest BCUT2D eigenvalue weighted by molar-refractivity contribution is 5.69. The number of rotatable bonds is 2. The van der Waals surface area contributed by atoms with E-state index < -0.39 is 11.7 Å². The SMILES string of the molecule is CC(C)(C)OC(=O)N[CH]c1ccccc1. The van der Waals surface area contributed by atoms with Crippen molar-refractivity contribution in [1.82, 2.24) is 5.32 Å². The molecule has 0 fully saturated rings. The first-order valence-electron chi connectivity index (χ1n) is 4.85. The van der Waals surface area contributed by atoms with Gasteiger partial charge in [-0.1, -0.05) is 30.3 Å². The molecular formula is C12H16NO2. The van der Waals surface area contributed by atoms with Gasteiger partial charge in [0.25, 0.3) is 0 Å². The molecule has 0 spiro atoms. The summed E-state index contributed by atoms with van der Waals surface area (Å²) in [5.74, 6) is 0. The molecule has 0 saturated carbocycles. The van der Waals surface area contributed by atoms with E-state index in [4.69, 9.17) is 4.74 Å². The molecule has 0 heterocycles. The van der Waals surface area contributed by atoms with E-state index in [-0.39, 0.29) is 0 Å². The fraction of sp³-hybridized carbons (Fsp3) is 0.333. The third-order valence-electron chi connectivity index (χ3n) is 1.56. The molecule has 1 N–H and O–H groups in total. The lowest BCUT2D eigenvalue weighted by Crippen LogP contribution is -2.31. The molecule has 1 radical (unpaired) electrons. The Hall–Kier alpha value is -1.51. The third kappa shape index (κ3) is 5.05. The van der Waals surface area contributed by atoms with E-state index in [1.165, 1.54) is 0 Å². The number of nitrogens with one attached hydrogen (secondary N) is 1. The van der Waals surface area contributed by atoms with Crippen LogP contribution in [0.2, 0.25) is 0 Å². The van der Waals surface area contributed by atoms with Gasteiger partial charge in [0.05, 0.1) is 6.54 Å². The lowest BCUT2D eigenvalue weighted by molar-refractivity contribution is 0.0545. The second-order valence-electron chi connectivity index (χ2n) is 4.20. The van der Waals surface area contributed by atoms with Crippen molar-refractivity contribution in [3.05, 3.63) is 42.4 Å². The van der Waals surface area contributed by atoms with E-state index in [1.54, 1.807) is 6.54 Å². The molecule has 0 aliphatic carbocycles. The largest absolute Gasteiger partial charge is 0.444 e. The maximum atomic E-state index is 11.3. The normalized spacial score (nSPS) is 10.9. The van der Waals surface area contributed by atoms with E-state index >= 15 is 0 Å². The Morgan fingerprint density at radius 2 is 1.87 bits per heavy atom. The van der Waals surface area contributed by atoms with E-state index in [9.17, 15) is 4.79 Å². The lowest BCUT2D eigenvalue weighted by Gasteiger charge is -2.19. The number of ether oxygens (including phenoxy) is 1. The fourth-order valence-corrected chi connectivity index (χ4v) is 0.999. The van der Waals surface area contributed by atoms with Crippen LogP contribution in [0, 0.1) is 6.54 Å². The van der Waals surface area contributed by atoms with Gasteiger partial charge in [0.15, 0.2) is 0 Å². The van der Waals surface area contributed by atoms with Crippen LogP contribution in [0.3, 0.4) is 0 Å². The van der Waals surface area contributed by atoms with E-state index in [0.717, 1.165) is 5.56 Å². The van der Waals surface area contributed by atoms with Crippen molar-refractivity contribution < 1.29 is 9.53 Å². The average Bonchev–Trinajstić information content (AvgIpc) is 2.14. The molecule has 1 amide bonds. The summed E-state index contributed by atoms with van der Waals surface area (Å²) in [6.45, 7) is 7.10. The molecule has 0 bridgehead atoms. The molecule has 0 aliphatic heterocycles. The van der Waals surface area contributed by atoms with Crippen LogP contribution in [0.1, 0.15) is 26.3 Å². The van der Waals surface area contributed by atoms with Crippen LogP contribution in [0.25, 0.3) is 0 Å². The Bertz CT molecular complexity index is 314. The zero-order valence-electron chi connectivity index (χ0n) is 9.28. The number of amides is 1. The standard InChI is InChI=1S/C12H16NO2/c1-12(2,3)15-11(14)13-9-10-7-5-4-6-8-10/h4-9H,1-3H3,(H,13,14). The molecule has 1 aromatic rings. The second-order valence-corrected chi connectivity index (χ2v) is 4.20. The summed E-state index contributed by atoms with van der Waals surface area (Å²) in [4.78, 5) is 11.3. The number of alkyl carbamates (subject to hydrolysis) is 1. The van der Waals surface area contributed by atoms with Gasteiger partial charge in [0.1, 0.15) is 5.60 Å². The van der Waals surface area contributed by atoms with Gasteiger partial charge in [0, 0.05) is 0 Å². The minimum Gasteiger partial charge on any atom is -0.444 e. The van der Waals surface area contributed by atoms with Crippen molar-refractivity contribution in [3.8, 4) is 0 Å². The highest BCUT2D eigenvalue weighted by Crippen LogP contribution is 2.07. The fourth-order valence-electron chi connectivity index (χ4n) is 0.999. The van der Waals surface area contributed by atoms with Gasteiger partial charge >= 0.3 is 6.09 Å². The number of carbonyl (C=O) groups excluding carboxylic acids is 1. The van der Waals surface area contributed by atoms with Crippen LogP contribution in [-0.2, 0) is 4.74 Å². The Morgan fingerprint density at radius 3 is 2.40 bits per heavy atom. The monoisotopic (exact) mass is 206 g/mol. The molecule has 15 heavy (non-hydrogen) atoms. The molecule has 1 rings (SSSR count). The van der Waals surface area contributed by atoms with Crippen LogP contribution < -0.4 is 5.32 Å². The summed E-state index contributed by atoms with van der Waals surface area (Å²) in [5.41, 5.74) is 0.470. The summed E-state index contributed by atoms with van der Waals surface area (Å²) in [6, 6.07) is 9.53. The number of hydrogen-bond donors (Lipinski definition) is 1. The summed E-state index contributed by atoms with van der Waals surface area (Å²) < 4.78 is 5.08. The zero-order valence-corrected chi connectivity index (χ0v) is 9.28. The summed E-state index contributed by atoms with van der Waals surface area (Å²) in [6.07, 6.45) is -0.439. The van der Waals surface area contributed by atoms with Gasteiger partial charge in [0.2, 0.25) is 0 Å². The van der Waals surface area contributed by atoms with Gasteiger partial charge in [-0.15, -0.1) is 0 Å². The van der Waals surface area contributed by atoms with Crippen LogP contribution in [0.4, 0.5) is 4.79 Å². The van der Waals surface area contributed by atoms with Crippen LogP contribution in [0.15, 0.2) is 30.3 Å². The number of carbonyl (C=O) groups is 1. The lowest BCUT2D eigenvalue weighted by atomic mass is 10.2. The van der Waals surface area contributed by atoms with Crippen molar-refractivity contribution in [3.63, 3.8) is 0 Å². The van der Waals surface area contributed by atoms with Gasteiger partial charge in [-0.3, -0.25) is 0 Å². The van der Waals surface area contributed by atoms with E-state index in [0.29, 0.717) is 0 Å². The van der Waals surface area contributed by atoms with Crippen LogP contribution in [0.5, 0.6) is 0 Å². The summed E-state index contributed by atoms with van der Waals surface area (Å²) in [7, 11) is 0. The quantitative estimate of drug-likeness (QED) is 0.808. The van der Waals surface area contributed by atoms with Crippen molar-refractivity contribution >= 4 is 6.09 Å². The second kappa shape index (κ2) is 4.82. The first kappa shape index (κ1) is 11.6. The first-order valence-corrected chi connectivity index (χ1v) is 4.85. The van der Waals surface area contributed by atoms with Gasteiger partial charge in [-0.2, -0.15) is 0 Å². The molecule has 0 atom stereocenters. The van der Waals surface area contributed by atoms with Crippen LogP contribution >= 0.6 is 0 Å². The smallest absolute Gasteiger partial charge is 0.408 e. The van der Waals surface area contributed by atoms with Crippen molar-refractivity contribution in [1.29, 1.82) is 0 Å². The predicted octanol–water partition coefficient (Wildman–Crippen LogP) is 2.72. The predicted molar refractivity (Wildman–Crippen MR) is 59.2 cm³/mol. The van der Waals surface area contributed by atoms with Gasteiger partial charge < -0.3 is 10.1 Å². The van der Waals surface area contributed by atoms with Gasteiger partial charge in [-0.05, 0) is 26.3 Å². The minimum atomic E-state index is -0.464. The van der Waals surface area contributed by atoms with E-state index in [2.05, 4.69) is 5.32 Å². The van der Waals surface area contributed by atoms with Crippen molar-refractivity contribution in [2.24, 2.45) is 0 Å². The van der Waals surface area contributed by atoms with Crippen LogP contribution in [-0.4, -0.2) is 11.7 Å². The highest BCUT2D eigenvalue weighted by atomic mass is 16.6. The Balaban J connectivity index is 2.35. The molecule has 0 unspecified atom stereocenters. The van der Waals surface area contributed by atoms with Crippen molar-refractivity contribution in [2.45, 2.75) is 26.4 Å². The maximum absolute atomic E-state index is 11.3. The summed E-state index contributed by atoms with van der Waals surface area (Å²) >= 11 is 0. The summed E-state index contributed by atoms with van der Waals surface area (Å²) in [5, 5.41) is 2.57. The molecular weight excluding hydrogens is 190 g/mol. The topological polar surface area (TPSA) is 38.3 Å². The number of hydrogen-bond acceptors (Lipinski definition) is 2. The molecule has 0 saturated heterocycles. The molecule has 3 heteroatoms. The Morgan fingerprint density at radius 1 is 1.27 bits per heavy atom. The number of benzene rings is 1. The molecule has 0 aliphatic rings. The molecule has 1 aromatic carbocycles. The first-order chi connectivity index (χ1) is 6.97. The molecule has 3 nitrogen and oxygen atoms in total. The average molecular weight is 206 g/mol. The zero-order chi connectivity index (χ0) is 11.3. The Kier molecular flexibility index (Phi) is 3.72. The maximum Gasteiger partial charge on any atom is 0.408 e. The molecule has 0 aromatic heterocycles. The Labute approximate surface area is 90.4 Å². The van der Waals surface area contributed by atoms with Gasteiger partial charge in [-0.25, -0.2) is 4.79 Å². The minimum absolute atomic E-state index is 0.439. The molecule has 81 valence electrons.